The molecule has 3 aromatic rings. The zero-order valence-electron chi connectivity index (χ0n) is 16.3. The van der Waals surface area contributed by atoms with Gasteiger partial charge in [0.05, 0.1) is 17.4 Å². The Bertz CT molecular complexity index is 985. The van der Waals surface area contributed by atoms with Crippen LogP contribution in [0, 0.1) is 0 Å². The monoisotopic (exact) mass is 395 g/mol. The number of nitrogen functional groups attached to an aromatic ring is 1. The number of carbonyl (C=O) groups is 1. The fourth-order valence-corrected chi connectivity index (χ4v) is 4.92. The van der Waals surface area contributed by atoms with Crippen LogP contribution in [0.1, 0.15) is 46.2 Å². The molecule has 2 N–H and O–H groups in total. The standard InChI is InChI=1S/C21H25N5OS/c1-25(2)21(27)19-18(22)15-8-9-16(24-20(15)28-19)17-7-3-4-11-26(17)13-14-6-5-10-23-12-14/h5-6,8-10,12,17H,3-4,7,11,13,22H2,1-2H3/t17-/m0/s1. The minimum Gasteiger partial charge on any atom is -0.397 e. The number of rotatable bonds is 4. The number of nitrogens with zero attached hydrogens (tertiary/aromatic N) is 4. The van der Waals surface area contributed by atoms with Crippen LogP contribution >= 0.6 is 11.3 Å². The summed E-state index contributed by atoms with van der Waals surface area (Å²) in [6, 6.07) is 8.47. The largest absolute Gasteiger partial charge is 0.397 e. The summed E-state index contributed by atoms with van der Waals surface area (Å²) in [6.07, 6.45) is 7.22. The third kappa shape index (κ3) is 3.59. The van der Waals surface area contributed by atoms with Crippen molar-refractivity contribution in [2.75, 3.05) is 26.4 Å². The molecule has 6 nitrogen and oxygen atoms in total. The summed E-state index contributed by atoms with van der Waals surface area (Å²) in [5, 5.41) is 0.869. The van der Waals surface area contributed by atoms with Crippen molar-refractivity contribution >= 4 is 33.1 Å². The number of thiophene rings is 1. The fourth-order valence-electron chi connectivity index (χ4n) is 3.80. The van der Waals surface area contributed by atoms with Crippen molar-refractivity contribution in [3.63, 3.8) is 0 Å². The lowest BCUT2D eigenvalue weighted by molar-refractivity contribution is 0.0833. The number of hydrogen-bond acceptors (Lipinski definition) is 6. The molecule has 0 saturated carbocycles. The fraction of sp³-hybridized carbons (Fsp3) is 0.381. The Morgan fingerprint density at radius 2 is 2.18 bits per heavy atom. The number of likely N-dealkylation sites (tertiary alicyclic amines) is 1. The van der Waals surface area contributed by atoms with Crippen molar-refractivity contribution in [1.82, 2.24) is 19.8 Å². The van der Waals surface area contributed by atoms with Crippen molar-refractivity contribution in [3.8, 4) is 0 Å². The lowest BCUT2D eigenvalue weighted by Crippen LogP contribution is -2.33. The van der Waals surface area contributed by atoms with E-state index in [1.807, 2.05) is 18.3 Å². The van der Waals surface area contributed by atoms with E-state index in [1.54, 1.807) is 25.2 Å². The van der Waals surface area contributed by atoms with E-state index in [4.69, 9.17) is 10.7 Å². The first kappa shape index (κ1) is 18.8. The topological polar surface area (TPSA) is 75.4 Å². The molecule has 0 bridgehead atoms. The van der Waals surface area contributed by atoms with E-state index >= 15 is 0 Å². The highest BCUT2D eigenvalue weighted by atomic mass is 32.1. The second-order valence-corrected chi connectivity index (χ2v) is 8.48. The number of amides is 1. The molecule has 0 aromatic carbocycles. The van der Waals surface area contributed by atoms with E-state index in [1.165, 1.54) is 29.7 Å². The Morgan fingerprint density at radius 3 is 2.93 bits per heavy atom. The first-order valence-corrected chi connectivity index (χ1v) is 10.4. The van der Waals surface area contributed by atoms with Gasteiger partial charge in [-0.15, -0.1) is 11.3 Å². The van der Waals surface area contributed by atoms with Crippen molar-refractivity contribution in [2.45, 2.75) is 31.8 Å². The average molecular weight is 396 g/mol. The Labute approximate surface area is 169 Å². The first-order valence-electron chi connectivity index (χ1n) is 9.58. The van der Waals surface area contributed by atoms with Gasteiger partial charge in [0.25, 0.3) is 5.91 Å². The lowest BCUT2D eigenvalue weighted by atomic mass is 9.98. The molecule has 28 heavy (non-hydrogen) atoms. The van der Waals surface area contributed by atoms with Crippen LogP contribution in [-0.2, 0) is 6.54 Å². The number of anilines is 1. The average Bonchev–Trinajstić information content (AvgIpc) is 3.04. The highest BCUT2D eigenvalue weighted by Gasteiger charge is 2.26. The van der Waals surface area contributed by atoms with E-state index in [9.17, 15) is 4.79 Å². The quantitative estimate of drug-likeness (QED) is 0.729. The molecule has 7 heteroatoms. The molecule has 1 atom stereocenters. The number of pyridine rings is 2. The molecule has 4 heterocycles. The van der Waals surface area contributed by atoms with Gasteiger partial charge in [-0.25, -0.2) is 4.98 Å². The predicted molar refractivity (Wildman–Crippen MR) is 113 cm³/mol. The van der Waals surface area contributed by atoms with E-state index in [0.717, 1.165) is 35.4 Å². The second-order valence-electron chi connectivity index (χ2n) is 7.48. The van der Waals surface area contributed by atoms with Crippen LogP contribution in [0.3, 0.4) is 0 Å². The molecule has 4 rings (SSSR count). The summed E-state index contributed by atoms with van der Waals surface area (Å²) in [5.74, 6) is -0.0714. The summed E-state index contributed by atoms with van der Waals surface area (Å²) < 4.78 is 0. The molecule has 1 amide bonds. The van der Waals surface area contributed by atoms with E-state index in [2.05, 4.69) is 22.0 Å². The molecule has 1 saturated heterocycles. The highest BCUT2D eigenvalue weighted by Crippen LogP contribution is 2.37. The van der Waals surface area contributed by atoms with Gasteiger partial charge in [0.1, 0.15) is 9.71 Å². The molecular formula is C21H25N5OS. The summed E-state index contributed by atoms with van der Waals surface area (Å²) in [4.78, 5) is 27.0. The van der Waals surface area contributed by atoms with Crippen LogP contribution in [0.5, 0.6) is 0 Å². The van der Waals surface area contributed by atoms with Crippen LogP contribution in [0.25, 0.3) is 10.2 Å². The van der Waals surface area contributed by atoms with E-state index < -0.39 is 0 Å². The third-order valence-corrected chi connectivity index (χ3v) is 6.38. The van der Waals surface area contributed by atoms with Crippen molar-refractivity contribution in [1.29, 1.82) is 0 Å². The van der Waals surface area contributed by atoms with Crippen LogP contribution in [-0.4, -0.2) is 46.3 Å². The van der Waals surface area contributed by atoms with E-state index in [0.29, 0.717) is 10.6 Å². The molecule has 0 unspecified atom stereocenters. The maximum Gasteiger partial charge on any atom is 0.265 e. The van der Waals surface area contributed by atoms with Crippen molar-refractivity contribution < 1.29 is 4.79 Å². The Hall–Kier alpha value is -2.51. The highest BCUT2D eigenvalue weighted by molar-refractivity contribution is 7.21. The Morgan fingerprint density at radius 1 is 1.32 bits per heavy atom. The SMILES string of the molecule is CN(C)C(=O)c1sc2nc([C@@H]3CCCCN3Cc3cccnc3)ccc2c1N. The van der Waals surface area contributed by atoms with Crippen molar-refractivity contribution in [2.24, 2.45) is 0 Å². The molecule has 146 valence electrons. The number of hydrogen-bond donors (Lipinski definition) is 1. The van der Waals surface area contributed by atoms with Gasteiger partial charge in [-0.3, -0.25) is 14.7 Å². The van der Waals surface area contributed by atoms with Crippen molar-refractivity contribution in [3.05, 3.63) is 52.8 Å². The summed E-state index contributed by atoms with van der Waals surface area (Å²) in [7, 11) is 3.48. The molecule has 1 aliphatic rings. The van der Waals surface area contributed by atoms with Gasteiger partial charge in [-0.05, 0) is 43.1 Å². The molecular weight excluding hydrogens is 370 g/mol. The van der Waals surface area contributed by atoms with Gasteiger partial charge >= 0.3 is 0 Å². The number of nitrogens with two attached hydrogens (primary N) is 1. The van der Waals surface area contributed by atoms with E-state index in [-0.39, 0.29) is 11.9 Å². The molecule has 3 aromatic heterocycles. The van der Waals surface area contributed by atoms with Crippen LogP contribution < -0.4 is 5.73 Å². The summed E-state index contributed by atoms with van der Waals surface area (Å²) >= 11 is 1.39. The minimum absolute atomic E-state index is 0.0714. The van der Waals surface area contributed by atoms with Gasteiger partial charge in [0.2, 0.25) is 0 Å². The number of fused-ring (bicyclic) bond motifs is 1. The summed E-state index contributed by atoms with van der Waals surface area (Å²) in [5.41, 5.74) is 9.05. The van der Waals surface area contributed by atoms with Crippen LogP contribution in [0.15, 0.2) is 36.7 Å². The first-order chi connectivity index (χ1) is 13.5. The smallest absolute Gasteiger partial charge is 0.265 e. The molecule has 1 aliphatic heterocycles. The number of carbonyl (C=O) groups excluding carboxylic acids is 1. The van der Waals surface area contributed by atoms with Crippen LogP contribution in [0.2, 0.25) is 0 Å². The Kier molecular flexibility index (Phi) is 5.28. The molecule has 0 aliphatic carbocycles. The molecule has 0 radical (unpaired) electrons. The van der Waals surface area contributed by atoms with Gasteiger partial charge in [0, 0.05) is 38.4 Å². The maximum atomic E-state index is 12.4. The molecule has 1 fully saturated rings. The van der Waals surface area contributed by atoms with Gasteiger partial charge in [0.15, 0.2) is 0 Å². The lowest BCUT2D eigenvalue weighted by Gasteiger charge is -2.35. The van der Waals surface area contributed by atoms with Gasteiger partial charge < -0.3 is 10.6 Å². The Balaban J connectivity index is 1.65. The summed E-state index contributed by atoms with van der Waals surface area (Å²) in [6.45, 7) is 1.92. The van der Waals surface area contributed by atoms with Gasteiger partial charge in [-0.2, -0.15) is 0 Å². The normalized spacial score (nSPS) is 17.7. The second kappa shape index (κ2) is 7.85. The minimum atomic E-state index is -0.0714. The maximum absolute atomic E-state index is 12.4. The molecule has 0 spiro atoms. The number of piperidine rings is 1. The third-order valence-electron chi connectivity index (χ3n) is 5.28. The van der Waals surface area contributed by atoms with Gasteiger partial charge in [-0.1, -0.05) is 12.5 Å². The zero-order valence-corrected chi connectivity index (χ0v) is 17.1. The van der Waals surface area contributed by atoms with Crippen LogP contribution in [0.4, 0.5) is 5.69 Å². The zero-order chi connectivity index (χ0) is 19.7. The number of aromatic nitrogens is 2. The predicted octanol–water partition coefficient (Wildman–Crippen LogP) is 3.70.